The summed E-state index contributed by atoms with van der Waals surface area (Å²) >= 11 is 0. The summed E-state index contributed by atoms with van der Waals surface area (Å²) in [4.78, 5) is 0.372. The fraction of sp³-hybridized carbons (Fsp3) is 0.533. The molecule has 1 aliphatic carbocycles. The van der Waals surface area contributed by atoms with Crippen LogP contribution in [0.4, 0.5) is 0 Å². The highest BCUT2D eigenvalue weighted by molar-refractivity contribution is 7.92. The van der Waals surface area contributed by atoms with Crippen molar-refractivity contribution in [3.05, 3.63) is 30.3 Å². The van der Waals surface area contributed by atoms with Crippen LogP contribution in [0.3, 0.4) is 0 Å². The summed E-state index contributed by atoms with van der Waals surface area (Å²) in [5.74, 6) is 0.239. The third-order valence-corrected chi connectivity index (χ3v) is 7.31. The van der Waals surface area contributed by atoms with Crippen LogP contribution in [0.25, 0.3) is 0 Å². The molecule has 110 valence electrons. The maximum Gasteiger partial charge on any atom is 0.181 e. The van der Waals surface area contributed by atoms with Crippen LogP contribution in [0.1, 0.15) is 19.8 Å². The molecule has 0 aliphatic heterocycles. The second kappa shape index (κ2) is 6.33. The highest BCUT2D eigenvalue weighted by Crippen LogP contribution is 2.35. The van der Waals surface area contributed by atoms with Gasteiger partial charge in [-0.3, -0.25) is 0 Å². The molecule has 0 aromatic heterocycles. The van der Waals surface area contributed by atoms with Crippen LogP contribution >= 0.6 is 0 Å². The Hall–Kier alpha value is -0.783. The van der Waals surface area contributed by atoms with Crippen LogP contribution in [0.5, 0.6) is 0 Å². The maximum atomic E-state index is 12.8. The zero-order chi connectivity index (χ0) is 14.8. The van der Waals surface area contributed by atoms with Gasteiger partial charge in [0, 0.05) is 0 Å². The lowest BCUT2D eigenvalue weighted by atomic mass is 9.81. The van der Waals surface area contributed by atoms with E-state index in [0.29, 0.717) is 11.3 Å². The van der Waals surface area contributed by atoms with Gasteiger partial charge in [0.2, 0.25) is 0 Å². The van der Waals surface area contributed by atoms with Crippen LogP contribution in [-0.4, -0.2) is 39.7 Å². The molecule has 4 atom stereocenters. The lowest BCUT2D eigenvalue weighted by Crippen LogP contribution is -2.43. The minimum Gasteiger partial charge on any atom is -0.393 e. The van der Waals surface area contributed by atoms with Gasteiger partial charge in [-0.25, -0.2) is 8.42 Å². The topological polar surface area (TPSA) is 54.4 Å². The van der Waals surface area contributed by atoms with Gasteiger partial charge in [-0.2, -0.15) is 0 Å². The Morgan fingerprint density at radius 2 is 1.90 bits per heavy atom. The summed E-state index contributed by atoms with van der Waals surface area (Å²) in [6.45, 7) is 4.11. The van der Waals surface area contributed by atoms with Crippen molar-refractivity contribution in [3.8, 4) is 0 Å². The predicted octanol–water partition coefficient (Wildman–Crippen LogP) is 1.52. The standard InChI is InChI=1S/C15H22O3SSi/c1-11-8-12(10-20-2)15(9-14(11)16)19(17,18)13-6-4-3-5-7-13/h3-7,10-12,14-16,20H,8-9H2,1-2H3/b20-10-/t11-,12?,14-,15?/m1/s1. The number of aliphatic hydroxyl groups is 1. The molecular formula is C15H22O3SSi. The Balaban J connectivity index is 2.37. The van der Waals surface area contributed by atoms with Crippen LogP contribution in [-0.2, 0) is 9.84 Å². The van der Waals surface area contributed by atoms with Gasteiger partial charge in [0.1, 0.15) is 0 Å². The Labute approximate surface area is 123 Å². The summed E-state index contributed by atoms with van der Waals surface area (Å²) in [6, 6.07) is 8.61. The van der Waals surface area contributed by atoms with Crippen molar-refractivity contribution in [1.82, 2.24) is 0 Å². The molecule has 5 heteroatoms. The fourth-order valence-corrected chi connectivity index (χ4v) is 6.05. The van der Waals surface area contributed by atoms with E-state index in [0.717, 1.165) is 6.42 Å². The molecule has 2 rings (SSSR count). The number of sulfone groups is 1. The Morgan fingerprint density at radius 1 is 1.25 bits per heavy atom. The first-order valence-electron chi connectivity index (χ1n) is 7.06. The molecule has 0 radical (unpaired) electrons. The van der Waals surface area contributed by atoms with E-state index >= 15 is 0 Å². The number of aliphatic hydroxyl groups excluding tert-OH is 1. The van der Waals surface area contributed by atoms with Crippen molar-refractivity contribution in [3.63, 3.8) is 0 Å². The van der Waals surface area contributed by atoms with Gasteiger partial charge in [0.05, 0.1) is 16.2 Å². The Kier molecular flexibility index (Phi) is 4.94. The zero-order valence-corrected chi connectivity index (χ0v) is 13.9. The lowest BCUT2D eigenvalue weighted by molar-refractivity contribution is 0.0719. The Bertz CT molecular complexity index is 568. The van der Waals surface area contributed by atoms with E-state index in [9.17, 15) is 13.5 Å². The fourth-order valence-electron chi connectivity index (χ4n) is 2.97. The van der Waals surface area contributed by atoms with Crippen LogP contribution in [0.15, 0.2) is 35.2 Å². The second-order valence-corrected chi connectivity index (χ2v) is 8.82. The molecule has 3 nitrogen and oxygen atoms in total. The van der Waals surface area contributed by atoms with Crippen LogP contribution in [0, 0.1) is 11.8 Å². The van der Waals surface area contributed by atoms with Crippen molar-refractivity contribution in [2.24, 2.45) is 11.8 Å². The van der Waals surface area contributed by atoms with Gasteiger partial charge in [-0.15, -0.1) is 5.67 Å². The summed E-state index contributed by atoms with van der Waals surface area (Å²) in [6.07, 6.45) is 0.590. The van der Waals surface area contributed by atoms with Crippen molar-refractivity contribution in [2.45, 2.75) is 42.6 Å². The average Bonchev–Trinajstić information content (AvgIpc) is 2.43. The molecular weight excluding hydrogens is 288 g/mol. The number of rotatable bonds is 3. The zero-order valence-electron chi connectivity index (χ0n) is 11.9. The second-order valence-electron chi connectivity index (χ2n) is 5.60. The molecule has 1 N–H and O–H groups in total. The van der Waals surface area contributed by atoms with E-state index < -0.39 is 21.2 Å². The van der Waals surface area contributed by atoms with Gasteiger partial charge < -0.3 is 5.11 Å². The van der Waals surface area contributed by atoms with E-state index in [1.54, 1.807) is 24.3 Å². The van der Waals surface area contributed by atoms with E-state index in [4.69, 9.17) is 0 Å². The number of hydrogen-bond donors (Lipinski definition) is 1. The largest absolute Gasteiger partial charge is 0.393 e. The highest BCUT2D eigenvalue weighted by atomic mass is 32.2. The summed E-state index contributed by atoms with van der Waals surface area (Å²) in [5, 5.41) is 9.59. The molecule has 1 fully saturated rings. The predicted molar refractivity (Wildman–Crippen MR) is 84.4 cm³/mol. The van der Waals surface area contributed by atoms with Gasteiger partial charge >= 0.3 is 0 Å². The van der Waals surface area contributed by atoms with Crippen molar-refractivity contribution in [1.29, 1.82) is 0 Å². The van der Waals surface area contributed by atoms with E-state index in [2.05, 4.69) is 12.2 Å². The average molecular weight is 310 g/mol. The van der Waals surface area contributed by atoms with Crippen molar-refractivity contribution >= 4 is 24.6 Å². The molecule has 0 bridgehead atoms. The van der Waals surface area contributed by atoms with Gasteiger partial charge in [0.25, 0.3) is 0 Å². The molecule has 0 spiro atoms. The molecule has 0 saturated heterocycles. The van der Waals surface area contributed by atoms with Gasteiger partial charge in [-0.05, 0) is 45.9 Å². The molecule has 1 aromatic carbocycles. The normalized spacial score (nSPS) is 31.6. The van der Waals surface area contributed by atoms with Crippen LogP contribution < -0.4 is 0 Å². The first-order chi connectivity index (χ1) is 9.46. The van der Waals surface area contributed by atoms with Gasteiger partial charge in [-0.1, -0.05) is 31.7 Å². The molecule has 0 amide bonds. The number of benzene rings is 1. The summed E-state index contributed by atoms with van der Waals surface area (Å²) in [7, 11) is -3.21. The monoisotopic (exact) mass is 310 g/mol. The SMILES string of the molecule is C/[SiH]=C\C1C[C@@H](C)[C@H](O)CC1S(=O)(=O)c1ccccc1. The van der Waals surface area contributed by atoms with E-state index in [1.807, 2.05) is 13.0 Å². The first kappa shape index (κ1) is 15.6. The minimum atomic E-state index is -3.37. The third-order valence-electron chi connectivity index (χ3n) is 4.16. The van der Waals surface area contributed by atoms with Gasteiger partial charge in [0.15, 0.2) is 9.84 Å². The summed E-state index contributed by atoms with van der Waals surface area (Å²) in [5.41, 5.74) is 2.17. The van der Waals surface area contributed by atoms with Crippen LogP contribution in [0.2, 0.25) is 6.55 Å². The van der Waals surface area contributed by atoms with Crippen molar-refractivity contribution < 1.29 is 13.5 Å². The smallest absolute Gasteiger partial charge is 0.181 e. The molecule has 0 heterocycles. The lowest BCUT2D eigenvalue weighted by Gasteiger charge is -2.36. The molecule has 1 saturated carbocycles. The molecule has 2 unspecified atom stereocenters. The molecule has 1 aliphatic rings. The van der Waals surface area contributed by atoms with Crippen molar-refractivity contribution in [2.75, 3.05) is 0 Å². The van der Waals surface area contributed by atoms with E-state index in [1.165, 1.54) is 0 Å². The molecule has 20 heavy (non-hydrogen) atoms. The number of hydrogen-bond acceptors (Lipinski definition) is 3. The minimum absolute atomic E-state index is 0.0682. The molecule has 1 aromatic rings. The van der Waals surface area contributed by atoms with E-state index in [-0.39, 0.29) is 21.0 Å². The third kappa shape index (κ3) is 3.10. The first-order valence-corrected chi connectivity index (χ1v) is 10.4. The highest BCUT2D eigenvalue weighted by Gasteiger charge is 2.40. The Morgan fingerprint density at radius 3 is 2.50 bits per heavy atom. The maximum absolute atomic E-state index is 12.8. The summed E-state index contributed by atoms with van der Waals surface area (Å²) < 4.78 is 25.6. The quantitative estimate of drug-likeness (QED) is 0.861.